The Hall–Kier alpha value is -2.35. The van der Waals surface area contributed by atoms with E-state index < -0.39 is 17.0 Å². The van der Waals surface area contributed by atoms with E-state index in [9.17, 15) is 14.9 Å². The van der Waals surface area contributed by atoms with E-state index in [4.69, 9.17) is 9.47 Å². The number of methoxy groups -OCH3 is 2. The topological polar surface area (TPSA) is 91.1 Å². The van der Waals surface area contributed by atoms with Crippen LogP contribution in [0, 0.1) is 10.1 Å². The summed E-state index contributed by atoms with van der Waals surface area (Å²) in [5.41, 5.74) is 0.359. The van der Waals surface area contributed by atoms with Crippen molar-refractivity contribution in [2.45, 2.75) is 6.10 Å². The number of esters is 1. The summed E-state index contributed by atoms with van der Waals surface area (Å²) in [4.78, 5) is 24.0. The Morgan fingerprint density at radius 2 is 2.24 bits per heavy atom. The molecule has 1 heterocycles. The summed E-state index contributed by atoms with van der Waals surface area (Å²) < 4.78 is 15.0. The van der Waals surface area contributed by atoms with Gasteiger partial charge in [-0.25, -0.2) is 4.79 Å². The molecule has 0 bridgehead atoms. The molecule has 1 aromatic rings. The zero-order valence-electron chi connectivity index (χ0n) is 11.8. The molecular weight excluding hydrogens is 280 g/mol. The van der Waals surface area contributed by atoms with Gasteiger partial charge in [-0.15, -0.1) is 0 Å². The van der Waals surface area contributed by atoms with Crippen molar-refractivity contribution < 1.29 is 23.9 Å². The van der Waals surface area contributed by atoms with Gasteiger partial charge in [-0.05, 0) is 12.1 Å². The summed E-state index contributed by atoms with van der Waals surface area (Å²) in [7, 11) is 2.72. The molecule has 0 saturated carbocycles. The lowest BCUT2D eigenvalue weighted by Gasteiger charge is -2.32. The number of rotatable bonds is 4. The van der Waals surface area contributed by atoms with Gasteiger partial charge in [0.1, 0.15) is 11.4 Å². The van der Waals surface area contributed by atoms with Crippen LogP contribution in [0.25, 0.3) is 0 Å². The van der Waals surface area contributed by atoms with Gasteiger partial charge in [-0.3, -0.25) is 10.1 Å². The molecule has 0 aromatic heterocycles. The van der Waals surface area contributed by atoms with E-state index in [2.05, 4.69) is 4.74 Å². The molecule has 0 N–H and O–H groups in total. The van der Waals surface area contributed by atoms with Gasteiger partial charge in [0.2, 0.25) is 0 Å². The molecule has 1 atom stereocenters. The van der Waals surface area contributed by atoms with Gasteiger partial charge in [0.25, 0.3) is 5.69 Å². The van der Waals surface area contributed by atoms with Crippen LogP contribution in [0.15, 0.2) is 18.2 Å². The van der Waals surface area contributed by atoms with Crippen molar-refractivity contribution in [2.75, 3.05) is 38.8 Å². The second kappa shape index (κ2) is 6.40. The molecule has 0 radical (unpaired) electrons. The highest BCUT2D eigenvalue weighted by atomic mass is 16.6. The van der Waals surface area contributed by atoms with Crippen LogP contribution in [0.2, 0.25) is 0 Å². The van der Waals surface area contributed by atoms with Crippen molar-refractivity contribution in [1.82, 2.24) is 0 Å². The Balaban J connectivity index is 2.28. The molecule has 8 nitrogen and oxygen atoms in total. The van der Waals surface area contributed by atoms with Crippen LogP contribution in [-0.2, 0) is 14.3 Å². The number of morpholine rings is 1. The molecule has 0 amide bonds. The first-order valence-electron chi connectivity index (χ1n) is 6.33. The van der Waals surface area contributed by atoms with Gasteiger partial charge in [0.05, 0.1) is 38.4 Å². The number of hydrogen-bond acceptors (Lipinski definition) is 7. The SMILES string of the molecule is COC(=O)C1CN(c2ccc(OC)cc2[N+](=O)[O-])CCO1. The molecule has 1 aromatic carbocycles. The smallest absolute Gasteiger partial charge is 0.336 e. The number of nitrogens with zero attached hydrogens (tertiary/aromatic N) is 2. The van der Waals surface area contributed by atoms with Gasteiger partial charge >= 0.3 is 5.97 Å². The van der Waals surface area contributed by atoms with Crippen LogP contribution in [0.5, 0.6) is 5.75 Å². The molecule has 114 valence electrons. The van der Waals surface area contributed by atoms with E-state index in [0.29, 0.717) is 24.6 Å². The summed E-state index contributed by atoms with van der Waals surface area (Å²) in [6.07, 6.45) is -0.745. The number of hydrogen-bond donors (Lipinski definition) is 0. The number of carbonyl (C=O) groups excluding carboxylic acids is 1. The maximum Gasteiger partial charge on any atom is 0.336 e. The van der Waals surface area contributed by atoms with Crippen LogP contribution in [0.1, 0.15) is 0 Å². The highest BCUT2D eigenvalue weighted by Gasteiger charge is 2.30. The lowest BCUT2D eigenvalue weighted by molar-refractivity contribution is -0.384. The third-order valence-corrected chi connectivity index (χ3v) is 3.25. The van der Waals surface area contributed by atoms with Crippen LogP contribution in [-0.4, -0.2) is 50.9 Å². The molecular formula is C13H16N2O6. The van der Waals surface area contributed by atoms with Crippen molar-refractivity contribution in [3.63, 3.8) is 0 Å². The van der Waals surface area contributed by atoms with Crippen LogP contribution < -0.4 is 9.64 Å². The molecule has 1 aliphatic rings. The fraction of sp³-hybridized carbons (Fsp3) is 0.462. The molecule has 0 aliphatic carbocycles. The fourth-order valence-corrected chi connectivity index (χ4v) is 2.19. The third kappa shape index (κ3) is 3.22. The number of carbonyl (C=O) groups is 1. The Kier molecular flexibility index (Phi) is 4.59. The number of ether oxygens (including phenoxy) is 3. The van der Waals surface area contributed by atoms with Crippen molar-refractivity contribution in [3.05, 3.63) is 28.3 Å². The van der Waals surface area contributed by atoms with Crippen molar-refractivity contribution in [1.29, 1.82) is 0 Å². The highest BCUT2D eigenvalue weighted by Crippen LogP contribution is 2.33. The van der Waals surface area contributed by atoms with E-state index in [0.717, 1.165) is 0 Å². The number of benzene rings is 1. The Labute approximate surface area is 121 Å². The van der Waals surface area contributed by atoms with Gasteiger partial charge in [-0.1, -0.05) is 0 Å². The second-order valence-corrected chi connectivity index (χ2v) is 4.44. The van der Waals surface area contributed by atoms with E-state index in [1.807, 2.05) is 0 Å². The van der Waals surface area contributed by atoms with Gasteiger partial charge in [0, 0.05) is 6.54 Å². The standard InChI is InChI=1S/C13H16N2O6/c1-19-9-3-4-10(11(7-9)15(17)18)14-5-6-21-12(8-14)13(16)20-2/h3-4,7,12H,5-6,8H2,1-2H3. The quantitative estimate of drug-likeness (QED) is 0.464. The van der Waals surface area contributed by atoms with Crippen molar-refractivity contribution >= 4 is 17.3 Å². The van der Waals surface area contributed by atoms with Gasteiger partial charge in [0.15, 0.2) is 6.10 Å². The molecule has 2 rings (SSSR count). The molecule has 1 aliphatic heterocycles. The highest BCUT2D eigenvalue weighted by molar-refractivity contribution is 5.76. The molecule has 1 fully saturated rings. The largest absolute Gasteiger partial charge is 0.496 e. The second-order valence-electron chi connectivity index (χ2n) is 4.44. The number of nitro benzene ring substituents is 1. The Morgan fingerprint density at radius 3 is 2.86 bits per heavy atom. The maximum absolute atomic E-state index is 11.5. The first-order valence-corrected chi connectivity index (χ1v) is 6.33. The van der Waals surface area contributed by atoms with Crippen LogP contribution >= 0.6 is 0 Å². The Morgan fingerprint density at radius 1 is 1.48 bits per heavy atom. The lowest BCUT2D eigenvalue weighted by atomic mass is 10.2. The normalized spacial score (nSPS) is 18.2. The fourth-order valence-electron chi connectivity index (χ4n) is 2.19. The summed E-state index contributed by atoms with van der Waals surface area (Å²) in [5, 5.41) is 11.2. The minimum atomic E-state index is -0.745. The minimum absolute atomic E-state index is 0.0696. The van der Waals surface area contributed by atoms with Crippen LogP contribution in [0.4, 0.5) is 11.4 Å². The van der Waals surface area contributed by atoms with E-state index >= 15 is 0 Å². The van der Waals surface area contributed by atoms with E-state index in [1.165, 1.54) is 20.3 Å². The number of nitro groups is 1. The van der Waals surface area contributed by atoms with Gasteiger partial charge < -0.3 is 19.1 Å². The molecule has 1 unspecified atom stereocenters. The van der Waals surface area contributed by atoms with Crippen molar-refractivity contribution in [3.8, 4) is 5.75 Å². The first kappa shape index (κ1) is 15.0. The zero-order valence-corrected chi connectivity index (χ0v) is 11.8. The lowest BCUT2D eigenvalue weighted by Crippen LogP contribution is -2.46. The van der Waals surface area contributed by atoms with Crippen molar-refractivity contribution in [2.24, 2.45) is 0 Å². The first-order chi connectivity index (χ1) is 10.1. The minimum Gasteiger partial charge on any atom is -0.496 e. The maximum atomic E-state index is 11.5. The monoisotopic (exact) mass is 296 g/mol. The molecule has 8 heteroatoms. The van der Waals surface area contributed by atoms with Gasteiger partial charge in [-0.2, -0.15) is 0 Å². The third-order valence-electron chi connectivity index (χ3n) is 3.25. The number of anilines is 1. The molecule has 0 spiro atoms. The Bertz CT molecular complexity index is 547. The van der Waals surface area contributed by atoms with Crippen LogP contribution in [0.3, 0.4) is 0 Å². The zero-order chi connectivity index (χ0) is 15.4. The van der Waals surface area contributed by atoms with E-state index in [-0.39, 0.29) is 12.2 Å². The molecule has 1 saturated heterocycles. The predicted molar refractivity (Wildman–Crippen MR) is 73.6 cm³/mol. The molecule has 21 heavy (non-hydrogen) atoms. The predicted octanol–water partition coefficient (Wildman–Crippen LogP) is 0.982. The van der Waals surface area contributed by atoms with E-state index in [1.54, 1.807) is 17.0 Å². The summed E-state index contributed by atoms with van der Waals surface area (Å²) in [6.45, 7) is 0.962. The summed E-state index contributed by atoms with van der Waals surface area (Å²) in [5.74, 6) is -0.0842. The average Bonchev–Trinajstić information content (AvgIpc) is 2.53. The average molecular weight is 296 g/mol. The summed E-state index contributed by atoms with van der Waals surface area (Å²) in [6, 6.07) is 4.61. The summed E-state index contributed by atoms with van der Waals surface area (Å²) >= 11 is 0.